The molecule has 2 unspecified atom stereocenters. The highest BCUT2D eigenvalue weighted by Gasteiger charge is 2.38. The van der Waals surface area contributed by atoms with Crippen LogP contribution in [0.5, 0.6) is 0 Å². The van der Waals surface area contributed by atoms with E-state index in [-0.39, 0.29) is 11.6 Å². The summed E-state index contributed by atoms with van der Waals surface area (Å²) in [5.74, 6) is -0.318. The van der Waals surface area contributed by atoms with Gasteiger partial charge in [-0.1, -0.05) is 127 Å². The molecule has 1 N–H and O–H groups in total. The molecule has 0 spiro atoms. The van der Waals surface area contributed by atoms with Crippen LogP contribution < -0.4 is 0 Å². The number of Topliss-reactive ketones (excluding diaryl/α,β-unsaturated/α-hetero) is 2. The normalized spacial score (nSPS) is 13.2. The number of hydrogen-bond donors (Lipinski definition) is 1. The average molecular weight is 493 g/mol. The molecule has 0 aliphatic heterocycles. The number of aliphatic hydroxyl groups excluding tert-OH is 1. The van der Waals surface area contributed by atoms with Crippen molar-refractivity contribution in [2.45, 2.75) is 25.6 Å². The average Bonchev–Trinajstić information content (AvgIpc) is 2.98. The van der Waals surface area contributed by atoms with Gasteiger partial charge in [0.05, 0.1) is 0 Å². The van der Waals surface area contributed by atoms with Crippen LogP contribution in [-0.4, -0.2) is 23.3 Å². The number of ether oxygens (including phenoxy) is 1. The molecule has 0 amide bonds. The zero-order valence-electron chi connectivity index (χ0n) is 21.2. The zero-order valence-corrected chi connectivity index (χ0v) is 21.2. The van der Waals surface area contributed by atoms with Gasteiger partial charge in [-0.15, -0.1) is 0 Å². The number of benzene rings is 4. The summed E-state index contributed by atoms with van der Waals surface area (Å²) in [6.07, 6.45) is 2.62. The van der Waals surface area contributed by atoms with Crippen molar-refractivity contribution in [2.75, 3.05) is 6.61 Å². The zero-order chi connectivity index (χ0) is 26.5. The maximum absolute atomic E-state index is 13.1. The van der Waals surface area contributed by atoms with Crippen molar-refractivity contribution in [3.05, 3.63) is 156 Å². The fourth-order valence-corrected chi connectivity index (χ4v) is 4.00. The van der Waals surface area contributed by atoms with Gasteiger partial charge in [0, 0.05) is 17.7 Å². The highest BCUT2D eigenvalue weighted by Crippen LogP contribution is 2.32. The van der Waals surface area contributed by atoms with E-state index >= 15 is 0 Å². The lowest BCUT2D eigenvalue weighted by molar-refractivity contribution is 0.00481. The fourth-order valence-electron chi connectivity index (χ4n) is 4.00. The summed E-state index contributed by atoms with van der Waals surface area (Å²) in [4.78, 5) is 25.0. The lowest BCUT2D eigenvalue weighted by Crippen LogP contribution is -2.37. The number of hydrogen-bond acceptors (Lipinski definition) is 4. The van der Waals surface area contributed by atoms with Crippen LogP contribution in [0.15, 0.2) is 133 Å². The van der Waals surface area contributed by atoms with Crippen molar-refractivity contribution < 1.29 is 19.4 Å². The number of ketones is 2. The predicted molar refractivity (Wildman–Crippen MR) is 148 cm³/mol. The highest BCUT2D eigenvalue weighted by molar-refractivity contribution is 6.04. The first kappa shape index (κ1) is 27.5. The lowest BCUT2D eigenvalue weighted by atomic mass is 9.85. The summed E-state index contributed by atoms with van der Waals surface area (Å²) in [7, 11) is 0. The quantitative estimate of drug-likeness (QED) is 0.202. The van der Waals surface area contributed by atoms with Crippen molar-refractivity contribution in [3.63, 3.8) is 0 Å². The molecule has 4 rings (SSSR count). The minimum Gasteiger partial charge on any atom is -0.380 e. The van der Waals surface area contributed by atoms with E-state index in [0.29, 0.717) is 23.3 Å². The minimum atomic E-state index is -1.08. The first-order valence-electron chi connectivity index (χ1n) is 12.3. The molecule has 0 radical (unpaired) electrons. The van der Waals surface area contributed by atoms with Crippen LogP contribution in [0.1, 0.15) is 51.8 Å². The van der Waals surface area contributed by atoms with Crippen LogP contribution in [0.4, 0.5) is 0 Å². The van der Waals surface area contributed by atoms with Gasteiger partial charge in [0.25, 0.3) is 0 Å². The third-order valence-corrected chi connectivity index (χ3v) is 5.77. The van der Waals surface area contributed by atoms with Gasteiger partial charge in [0.15, 0.2) is 11.4 Å². The Labute approximate surface area is 218 Å². The van der Waals surface area contributed by atoms with E-state index in [0.717, 1.165) is 5.56 Å². The van der Waals surface area contributed by atoms with Crippen LogP contribution in [0.3, 0.4) is 0 Å². The Kier molecular flexibility index (Phi) is 10.3. The smallest absolute Gasteiger partial charge is 0.203 e. The molecule has 0 bridgehead atoms. The summed E-state index contributed by atoms with van der Waals surface area (Å²) in [5.41, 5.74) is 1.58. The van der Waals surface area contributed by atoms with Crippen molar-refractivity contribution in [2.24, 2.45) is 0 Å². The van der Waals surface area contributed by atoms with E-state index in [4.69, 9.17) is 4.74 Å². The predicted octanol–water partition coefficient (Wildman–Crippen LogP) is 6.98. The van der Waals surface area contributed by atoms with Gasteiger partial charge >= 0.3 is 0 Å². The molecule has 0 aromatic heterocycles. The first-order valence-corrected chi connectivity index (χ1v) is 12.3. The second-order valence-electron chi connectivity index (χ2n) is 8.27. The van der Waals surface area contributed by atoms with Crippen molar-refractivity contribution in [1.82, 2.24) is 0 Å². The van der Waals surface area contributed by atoms with E-state index in [9.17, 15) is 14.7 Å². The summed E-state index contributed by atoms with van der Waals surface area (Å²) in [5, 5.41) is 9.89. The van der Waals surface area contributed by atoms with Gasteiger partial charge in [-0.2, -0.15) is 0 Å². The summed E-state index contributed by atoms with van der Waals surface area (Å²) in [6.45, 7) is 4.26. The Morgan fingerprint density at radius 1 is 0.757 bits per heavy atom. The van der Waals surface area contributed by atoms with E-state index < -0.39 is 11.7 Å². The van der Waals surface area contributed by atoms with Gasteiger partial charge in [-0.3, -0.25) is 9.59 Å². The number of rotatable bonds is 9. The largest absolute Gasteiger partial charge is 0.380 e. The molecule has 37 heavy (non-hydrogen) atoms. The molecule has 0 saturated heterocycles. The molecule has 4 nitrogen and oxygen atoms in total. The maximum atomic E-state index is 13.1. The van der Waals surface area contributed by atoms with Crippen LogP contribution in [-0.2, 0) is 10.3 Å². The fraction of sp³-hybridized carbons (Fsp3) is 0.152. The monoisotopic (exact) mass is 492 g/mol. The van der Waals surface area contributed by atoms with Crippen molar-refractivity contribution in [3.8, 4) is 0 Å². The molecule has 2 atom stereocenters. The summed E-state index contributed by atoms with van der Waals surface area (Å²) < 4.78 is 5.94. The second-order valence-corrected chi connectivity index (χ2v) is 8.27. The molecule has 188 valence electrons. The molecule has 0 heterocycles. The molecule has 0 aliphatic rings. The van der Waals surface area contributed by atoms with E-state index in [1.54, 1.807) is 48.5 Å². The van der Waals surface area contributed by atoms with Gasteiger partial charge in [-0.05, 0) is 31.1 Å². The number of allylic oxidation sites excluding steroid dienone is 1. The maximum Gasteiger partial charge on any atom is 0.203 e. The Bertz CT molecular complexity index is 1270. The summed E-state index contributed by atoms with van der Waals surface area (Å²) in [6, 6.07) is 36.7. The van der Waals surface area contributed by atoms with E-state index in [1.165, 1.54) is 0 Å². The third kappa shape index (κ3) is 6.98. The van der Waals surface area contributed by atoms with Crippen molar-refractivity contribution in [1.29, 1.82) is 0 Å². The SMILES string of the molecule is CC=CC(OCC)(C(=O)c1ccccc1)c1ccccc1.O=C(c1ccccc1)C(O)c1ccccc1. The highest BCUT2D eigenvalue weighted by atomic mass is 16.5. The molecular weight excluding hydrogens is 460 g/mol. The van der Waals surface area contributed by atoms with Gasteiger partial charge in [0.1, 0.15) is 6.10 Å². The molecule has 0 saturated carbocycles. The number of carbonyl (C=O) groups is 2. The van der Waals surface area contributed by atoms with Gasteiger partial charge in [-0.25, -0.2) is 0 Å². The number of aliphatic hydroxyl groups is 1. The standard InChI is InChI=1S/C19H20O2.C14H12O2/c1-3-15-19(21-4-2,17-13-9-6-10-14-17)18(20)16-11-7-5-8-12-16;15-13(11-7-3-1-4-8-11)14(16)12-9-5-2-6-10-12/h3,5-15H,4H2,1-2H3;1-10,13,15H. The van der Waals surface area contributed by atoms with Crippen LogP contribution in [0.25, 0.3) is 0 Å². The lowest BCUT2D eigenvalue weighted by Gasteiger charge is -2.30. The second kappa shape index (κ2) is 13.8. The van der Waals surface area contributed by atoms with E-state index in [2.05, 4.69) is 0 Å². The minimum absolute atomic E-state index is 0.0470. The topological polar surface area (TPSA) is 63.6 Å². The molecule has 4 aromatic rings. The molecular formula is C33H32O4. The van der Waals surface area contributed by atoms with Crippen LogP contribution in [0, 0.1) is 0 Å². The first-order chi connectivity index (χ1) is 18.0. The summed E-state index contributed by atoms with van der Waals surface area (Å²) >= 11 is 0. The van der Waals surface area contributed by atoms with Crippen LogP contribution >= 0.6 is 0 Å². The Morgan fingerprint density at radius 2 is 1.22 bits per heavy atom. The third-order valence-electron chi connectivity index (χ3n) is 5.77. The molecule has 0 fully saturated rings. The Morgan fingerprint density at radius 3 is 1.70 bits per heavy atom. The van der Waals surface area contributed by atoms with E-state index in [1.807, 2.05) is 98.8 Å². The van der Waals surface area contributed by atoms with Crippen molar-refractivity contribution >= 4 is 11.6 Å². The van der Waals surface area contributed by atoms with Gasteiger partial charge < -0.3 is 9.84 Å². The molecule has 4 heteroatoms. The molecule has 0 aliphatic carbocycles. The number of carbonyl (C=O) groups excluding carboxylic acids is 2. The Hall–Kier alpha value is -4.12. The van der Waals surface area contributed by atoms with Crippen LogP contribution in [0.2, 0.25) is 0 Å². The molecule has 4 aromatic carbocycles. The van der Waals surface area contributed by atoms with Gasteiger partial charge in [0.2, 0.25) is 5.78 Å². The Balaban J connectivity index is 0.000000213.